The fraction of sp³-hybridized carbons (Fsp3) is 0.538. The van der Waals surface area contributed by atoms with Crippen molar-refractivity contribution in [1.29, 1.82) is 0 Å². The zero-order chi connectivity index (χ0) is 25.2. The summed E-state index contributed by atoms with van der Waals surface area (Å²) in [5.74, 6) is 1.67. The molecule has 0 unspecified atom stereocenters. The molecule has 2 fully saturated rings. The Bertz CT molecular complexity index is 1050. The van der Waals surface area contributed by atoms with Gasteiger partial charge in [-0.2, -0.15) is 0 Å². The van der Waals surface area contributed by atoms with Gasteiger partial charge in [-0.15, -0.1) is 0 Å². The number of fused-ring (bicyclic) bond motifs is 1. The highest BCUT2D eigenvalue weighted by atomic mass is 16.5. The van der Waals surface area contributed by atoms with Gasteiger partial charge in [-0.3, -0.25) is 9.78 Å². The summed E-state index contributed by atoms with van der Waals surface area (Å²) < 4.78 is 5.46. The number of anilines is 2. The van der Waals surface area contributed by atoms with Crippen LogP contribution in [0.5, 0.6) is 0 Å². The summed E-state index contributed by atoms with van der Waals surface area (Å²) in [5.41, 5.74) is 3.41. The average molecular weight is 482 g/mol. The first-order valence-electron chi connectivity index (χ1n) is 12.8. The van der Waals surface area contributed by atoms with Gasteiger partial charge in [0.1, 0.15) is 11.2 Å². The van der Waals surface area contributed by atoms with Crippen molar-refractivity contribution >= 4 is 28.7 Å². The minimum Gasteiger partial charge on any atom is -0.378 e. The number of carbonyl (C=O) groups excluding carboxylic acids is 1. The molecule has 0 bridgehead atoms. The number of hydrogen-bond donors (Lipinski definition) is 2. The molecule has 0 atom stereocenters. The van der Waals surface area contributed by atoms with E-state index in [1.165, 1.54) is 0 Å². The van der Waals surface area contributed by atoms with Gasteiger partial charge in [0.25, 0.3) is 5.91 Å². The first kappa shape index (κ1) is 26.4. The Labute approximate surface area is 208 Å². The number of rotatable bonds is 4. The summed E-state index contributed by atoms with van der Waals surface area (Å²) in [5, 5.41) is 3.12. The molecule has 0 spiro atoms. The molecule has 0 aromatic carbocycles. The van der Waals surface area contributed by atoms with Crippen LogP contribution in [0.1, 0.15) is 56.6 Å². The maximum Gasteiger partial charge on any atom is 0.270 e. The highest BCUT2D eigenvalue weighted by Gasteiger charge is 2.24. The van der Waals surface area contributed by atoms with Crippen LogP contribution in [0.4, 0.5) is 11.8 Å². The summed E-state index contributed by atoms with van der Waals surface area (Å²) >= 11 is 0. The van der Waals surface area contributed by atoms with Gasteiger partial charge in [0, 0.05) is 44.6 Å². The standard InChI is InChI=1S/C22H27N7O2.2C2H6/c1-15-2-3-18(24-14-15)21(30)25-16-5-8-29(9-6-16)22-26-17-4-7-23-20(19(17)27-22)28-10-12-31-13-11-28;2*1-2/h2-4,7,14,16H,5-6,8-13H2,1H3,(H,25,30)(H,26,27);2*1-2H3. The minimum absolute atomic E-state index is 0.108. The second kappa shape index (κ2) is 13.0. The number of morpholine rings is 1. The fourth-order valence-electron chi connectivity index (χ4n) is 4.16. The SMILES string of the molecule is CC.CC.Cc1ccc(C(=O)NC2CCN(c3nc4c(N5CCOCC5)nccc4[nH]3)CC2)nc1. The number of aromatic nitrogens is 4. The molecule has 2 aliphatic rings. The van der Waals surface area contributed by atoms with Crippen molar-refractivity contribution in [3.05, 3.63) is 41.9 Å². The van der Waals surface area contributed by atoms with Crippen molar-refractivity contribution in [2.75, 3.05) is 49.2 Å². The smallest absolute Gasteiger partial charge is 0.270 e. The van der Waals surface area contributed by atoms with Crippen LogP contribution in [-0.4, -0.2) is 71.3 Å². The molecule has 9 heteroatoms. The zero-order valence-corrected chi connectivity index (χ0v) is 21.7. The van der Waals surface area contributed by atoms with Crippen LogP contribution >= 0.6 is 0 Å². The fourth-order valence-corrected chi connectivity index (χ4v) is 4.16. The lowest BCUT2D eigenvalue weighted by atomic mass is 10.1. The number of nitrogens with zero attached hydrogens (tertiary/aromatic N) is 5. The molecule has 0 saturated carbocycles. The highest BCUT2D eigenvalue weighted by molar-refractivity contribution is 5.92. The minimum atomic E-state index is -0.108. The van der Waals surface area contributed by atoms with Gasteiger partial charge in [0.15, 0.2) is 5.82 Å². The zero-order valence-electron chi connectivity index (χ0n) is 21.7. The summed E-state index contributed by atoms with van der Waals surface area (Å²) in [6, 6.07) is 5.79. The lowest BCUT2D eigenvalue weighted by Crippen LogP contribution is -2.45. The van der Waals surface area contributed by atoms with Crippen molar-refractivity contribution in [3.63, 3.8) is 0 Å². The molecule has 35 heavy (non-hydrogen) atoms. The van der Waals surface area contributed by atoms with Gasteiger partial charge in [0.2, 0.25) is 5.95 Å². The monoisotopic (exact) mass is 481 g/mol. The molecular formula is C26H39N7O2. The molecule has 1 amide bonds. The second-order valence-electron chi connectivity index (χ2n) is 8.15. The summed E-state index contributed by atoms with van der Waals surface area (Å²) in [7, 11) is 0. The van der Waals surface area contributed by atoms with Crippen molar-refractivity contribution in [3.8, 4) is 0 Å². The molecule has 5 rings (SSSR count). The van der Waals surface area contributed by atoms with Gasteiger partial charge in [-0.25, -0.2) is 9.97 Å². The largest absolute Gasteiger partial charge is 0.378 e. The molecule has 2 saturated heterocycles. The van der Waals surface area contributed by atoms with E-state index in [0.717, 1.165) is 67.4 Å². The maximum atomic E-state index is 12.5. The van der Waals surface area contributed by atoms with E-state index in [1.54, 1.807) is 12.3 Å². The Morgan fingerprint density at radius 1 is 1.00 bits per heavy atom. The second-order valence-corrected chi connectivity index (χ2v) is 8.15. The normalized spacial score (nSPS) is 16.1. The van der Waals surface area contributed by atoms with Gasteiger partial charge in [-0.05, 0) is 37.5 Å². The van der Waals surface area contributed by atoms with E-state index in [-0.39, 0.29) is 11.9 Å². The third kappa shape index (κ3) is 6.48. The van der Waals surface area contributed by atoms with Crippen LogP contribution in [-0.2, 0) is 4.74 Å². The third-order valence-electron chi connectivity index (χ3n) is 5.95. The maximum absolute atomic E-state index is 12.5. The van der Waals surface area contributed by atoms with Crippen LogP contribution in [0.15, 0.2) is 30.6 Å². The van der Waals surface area contributed by atoms with E-state index in [4.69, 9.17) is 9.72 Å². The van der Waals surface area contributed by atoms with Gasteiger partial charge in [0.05, 0.1) is 18.7 Å². The number of piperidine rings is 1. The Morgan fingerprint density at radius 2 is 1.71 bits per heavy atom. The number of aromatic amines is 1. The van der Waals surface area contributed by atoms with Crippen LogP contribution < -0.4 is 15.1 Å². The van der Waals surface area contributed by atoms with Gasteiger partial charge < -0.3 is 24.8 Å². The molecule has 190 valence electrons. The summed E-state index contributed by atoms with van der Waals surface area (Å²) in [6.07, 6.45) is 5.28. The molecule has 9 nitrogen and oxygen atoms in total. The molecule has 0 aliphatic carbocycles. The Hall–Kier alpha value is -3.20. The number of pyridine rings is 2. The van der Waals surface area contributed by atoms with E-state index in [2.05, 4.69) is 30.1 Å². The molecule has 2 N–H and O–H groups in total. The van der Waals surface area contributed by atoms with E-state index < -0.39 is 0 Å². The predicted octanol–water partition coefficient (Wildman–Crippen LogP) is 3.95. The predicted molar refractivity (Wildman–Crippen MR) is 141 cm³/mol. The number of carbonyl (C=O) groups is 1. The molecule has 2 aliphatic heterocycles. The summed E-state index contributed by atoms with van der Waals surface area (Å²) in [4.78, 5) is 34.1. The molecular weight excluding hydrogens is 442 g/mol. The van der Waals surface area contributed by atoms with Crippen LogP contribution in [0.25, 0.3) is 11.0 Å². The number of amides is 1. The number of hydrogen-bond acceptors (Lipinski definition) is 7. The molecule has 3 aromatic heterocycles. The van der Waals surface area contributed by atoms with E-state index in [1.807, 2.05) is 52.9 Å². The Balaban J connectivity index is 0.000000815. The third-order valence-corrected chi connectivity index (χ3v) is 5.95. The number of nitrogens with one attached hydrogen (secondary N) is 2. The van der Waals surface area contributed by atoms with Crippen molar-refractivity contribution < 1.29 is 9.53 Å². The molecule has 5 heterocycles. The molecule has 3 aromatic rings. The van der Waals surface area contributed by atoms with E-state index >= 15 is 0 Å². The number of ether oxygens (including phenoxy) is 1. The highest BCUT2D eigenvalue weighted by Crippen LogP contribution is 2.27. The number of aryl methyl sites for hydroxylation is 1. The van der Waals surface area contributed by atoms with Crippen LogP contribution in [0.2, 0.25) is 0 Å². The van der Waals surface area contributed by atoms with Crippen molar-refractivity contribution in [2.24, 2.45) is 0 Å². The topological polar surface area (TPSA) is 99.3 Å². The van der Waals surface area contributed by atoms with E-state index in [0.29, 0.717) is 18.9 Å². The lowest BCUT2D eigenvalue weighted by Gasteiger charge is -2.32. The van der Waals surface area contributed by atoms with Crippen LogP contribution in [0, 0.1) is 6.92 Å². The lowest BCUT2D eigenvalue weighted by molar-refractivity contribution is 0.0926. The quantitative estimate of drug-likeness (QED) is 0.582. The first-order chi connectivity index (χ1) is 17.2. The Kier molecular flexibility index (Phi) is 9.84. The van der Waals surface area contributed by atoms with Gasteiger partial charge in [-0.1, -0.05) is 33.8 Å². The van der Waals surface area contributed by atoms with Crippen molar-refractivity contribution in [1.82, 2.24) is 25.3 Å². The first-order valence-corrected chi connectivity index (χ1v) is 12.8. The number of H-pyrrole nitrogens is 1. The van der Waals surface area contributed by atoms with E-state index in [9.17, 15) is 4.79 Å². The average Bonchev–Trinajstić information content (AvgIpc) is 3.37. The van der Waals surface area contributed by atoms with Crippen molar-refractivity contribution in [2.45, 2.75) is 53.5 Å². The van der Waals surface area contributed by atoms with Crippen LogP contribution in [0.3, 0.4) is 0 Å². The Morgan fingerprint density at radius 3 is 2.37 bits per heavy atom. The molecule has 0 radical (unpaired) electrons. The number of imidazole rings is 1. The van der Waals surface area contributed by atoms with Gasteiger partial charge >= 0.3 is 0 Å². The summed E-state index contributed by atoms with van der Waals surface area (Å²) in [6.45, 7) is 14.7.